The minimum Gasteiger partial charge on any atom is -0.313 e. The van der Waals surface area contributed by atoms with Crippen LogP contribution in [0, 0.1) is 0 Å². The molecule has 1 N–H and O–H groups in total. The molecule has 0 aromatic carbocycles. The molecule has 0 bridgehead atoms. The molecule has 4 heteroatoms. The first-order valence-corrected chi connectivity index (χ1v) is 2.83. The average Bonchev–Trinajstić information content (AvgIpc) is 2.16. The lowest BCUT2D eigenvalue weighted by Crippen LogP contribution is -2.34. The van der Waals surface area contributed by atoms with Crippen molar-refractivity contribution in [1.82, 2.24) is 5.32 Å². The van der Waals surface area contributed by atoms with Crippen LogP contribution in [-0.4, -0.2) is 25.2 Å². The van der Waals surface area contributed by atoms with Crippen LogP contribution in [0.1, 0.15) is 6.42 Å². The Balaban J connectivity index is 2.51. The van der Waals surface area contributed by atoms with Crippen molar-refractivity contribution in [2.75, 3.05) is 13.1 Å². The van der Waals surface area contributed by atoms with Gasteiger partial charge in [-0.25, -0.2) is 13.2 Å². The van der Waals surface area contributed by atoms with Gasteiger partial charge in [-0.2, -0.15) is 0 Å². The normalized spacial score (nSPS) is 36.0. The summed E-state index contributed by atoms with van der Waals surface area (Å²) in [6.45, 7) is 0.158. The Bertz CT molecular complexity index is 98.4. The second-order valence-corrected chi connectivity index (χ2v) is 2.26. The smallest absolute Gasteiger partial charge is 0.273 e. The molecular formula is C5H8F3N. The van der Waals surface area contributed by atoms with Gasteiger partial charge in [0.05, 0.1) is 0 Å². The summed E-state index contributed by atoms with van der Waals surface area (Å²) in [7, 11) is 0. The zero-order valence-corrected chi connectivity index (χ0v) is 4.83. The maximum Gasteiger partial charge on any atom is 0.273 e. The van der Waals surface area contributed by atoms with E-state index in [4.69, 9.17) is 0 Å². The Morgan fingerprint density at radius 1 is 1.44 bits per heavy atom. The van der Waals surface area contributed by atoms with Crippen molar-refractivity contribution in [2.24, 2.45) is 0 Å². The van der Waals surface area contributed by atoms with E-state index in [1.54, 1.807) is 0 Å². The molecule has 1 aliphatic rings. The lowest BCUT2D eigenvalue weighted by Gasteiger charge is -2.15. The van der Waals surface area contributed by atoms with Crippen LogP contribution < -0.4 is 5.32 Å². The number of rotatable bonds is 1. The molecule has 1 nitrogen and oxygen atoms in total. The average molecular weight is 139 g/mol. The van der Waals surface area contributed by atoms with Gasteiger partial charge in [0.25, 0.3) is 6.43 Å². The molecular weight excluding hydrogens is 131 g/mol. The third-order valence-corrected chi connectivity index (χ3v) is 1.53. The molecule has 1 aliphatic heterocycles. The van der Waals surface area contributed by atoms with Gasteiger partial charge in [-0.05, 0) is 6.54 Å². The number of halogens is 3. The van der Waals surface area contributed by atoms with Crippen LogP contribution in [0.5, 0.6) is 0 Å². The van der Waals surface area contributed by atoms with E-state index in [-0.39, 0.29) is 13.0 Å². The van der Waals surface area contributed by atoms with Crippen LogP contribution >= 0.6 is 0 Å². The molecule has 0 radical (unpaired) electrons. The van der Waals surface area contributed by atoms with E-state index in [0.29, 0.717) is 6.54 Å². The molecule has 1 fully saturated rings. The summed E-state index contributed by atoms with van der Waals surface area (Å²) >= 11 is 0. The van der Waals surface area contributed by atoms with Crippen LogP contribution in [0.15, 0.2) is 0 Å². The highest BCUT2D eigenvalue weighted by Gasteiger charge is 2.42. The fourth-order valence-electron chi connectivity index (χ4n) is 0.867. The Hall–Kier alpha value is -0.250. The number of nitrogens with one attached hydrogen (secondary N) is 1. The lowest BCUT2D eigenvalue weighted by molar-refractivity contribution is -0.0206. The summed E-state index contributed by atoms with van der Waals surface area (Å²) in [6, 6.07) is 0. The van der Waals surface area contributed by atoms with Gasteiger partial charge in [-0.3, -0.25) is 0 Å². The van der Waals surface area contributed by atoms with E-state index < -0.39 is 12.1 Å². The Kier molecular flexibility index (Phi) is 1.66. The Labute approximate surface area is 51.2 Å². The van der Waals surface area contributed by atoms with Gasteiger partial charge >= 0.3 is 0 Å². The summed E-state index contributed by atoms with van der Waals surface area (Å²) in [6.07, 6.45) is -2.91. The predicted octanol–water partition coefficient (Wildman–Crippen LogP) is 0.953. The highest BCUT2D eigenvalue weighted by molar-refractivity contribution is 4.90. The molecule has 0 amide bonds. The van der Waals surface area contributed by atoms with Crippen LogP contribution in [0.3, 0.4) is 0 Å². The van der Waals surface area contributed by atoms with Crippen molar-refractivity contribution in [3.05, 3.63) is 0 Å². The summed E-state index contributed by atoms with van der Waals surface area (Å²) in [4.78, 5) is 0. The summed E-state index contributed by atoms with van der Waals surface area (Å²) in [5, 5.41) is 2.54. The second-order valence-electron chi connectivity index (χ2n) is 2.26. The van der Waals surface area contributed by atoms with Crippen LogP contribution in [0.2, 0.25) is 0 Å². The van der Waals surface area contributed by atoms with Crippen molar-refractivity contribution in [1.29, 1.82) is 0 Å². The van der Waals surface area contributed by atoms with Crippen molar-refractivity contribution >= 4 is 0 Å². The SMILES string of the molecule is FC(F)[C@@]1(F)CCNC1. The van der Waals surface area contributed by atoms with Crippen molar-refractivity contribution in [3.63, 3.8) is 0 Å². The van der Waals surface area contributed by atoms with Gasteiger partial charge in [0.15, 0.2) is 5.67 Å². The topological polar surface area (TPSA) is 12.0 Å². The highest BCUT2D eigenvalue weighted by Crippen LogP contribution is 2.26. The molecule has 54 valence electrons. The van der Waals surface area contributed by atoms with E-state index in [1.807, 2.05) is 0 Å². The first-order chi connectivity index (χ1) is 4.15. The summed E-state index contributed by atoms with van der Waals surface area (Å²) in [5.74, 6) is 0. The third kappa shape index (κ3) is 1.18. The molecule has 1 atom stereocenters. The van der Waals surface area contributed by atoms with Crippen molar-refractivity contribution < 1.29 is 13.2 Å². The first kappa shape index (κ1) is 6.86. The van der Waals surface area contributed by atoms with Gasteiger partial charge < -0.3 is 5.32 Å². The monoisotopic (exact) mass is 139 g/mol. The van der Waals surface area contributed by atoms with E-state index >= 15 is 0 Å². The second kappa shape index (κ2) is 2.17. The number of hydrogen-bond donors (Lipinski definition) is 1. The molecule has 9 heavy (non-hydrogen) atoms. The summed E-state index contributed by atoms with van der Waals surface area (Å²) in [5.41, 5.74) is -2.25. The minimum atomic E-state index is -2.84. The van der Waals surface area contributed by atoms with Crippen LogP contribution in [0.4, 0.5) is 13.2 Å². The maximum atomic E-state index is 12.6. The standard InChI is InChI=1S/C5H8F3N/c6-4(7)5(8)1-2-9-3-5/h4,9H,1-3H2/t5-/m1/s1. The summed E-state index contributed by atoms with van der Waals surface area (Å²) < 4.78 is 36.0. The largest absolute Gasteiger partial charge is 0.313 e. The maximum absolute atomic E-state index is 12.6. The molecule has 0 aromatic rings. The predicted molar refractivity (Wildman–Crippen MR) is 27.3 cm³/mol. The van der Waals surface area contributed by atoms with Crippen molar-refractivity contribution in [3.8, 4) is 0 Å². The minimum absolute atomic E-state index is 0.0648. The Morgan fingerprint density at radius 3 is 2.33 bits per heavy atom. The van der Waals surface area contributed by atoms with Crippen molar-refractivity contribution in [2.45, 2.75) is 18.5 Å². The van der Waals surface area contributed by atoms with E-state index in [2.05, 4.69) is 5.32 Å². The quantitative estimate of drug-likeness (QED) is 0.570. The van der Waals surface area contributed by atoms with E-state index in [9.17, 15) is 13.2 Å². The fraction of sp³-hybridized carbons (Fsp3) is 1.00. The Morgan fingerprint density at radius 2 is 2.11 bits per heavy atom. The zero-order chi connectivity index (χ0) is 6.91. The molecule has 0 spiro atoms. The molecule has 1 heterocycles. The molecule has 0 unspecified atom stereocenters. The third-order valence-electron chi connectivity index (χ3n) is 1.53. The van der Waals surface area contributed by atoms with Gasteiger partial charge in [-0.1, -0.05) is 0 Å². The molecule has 0 aliphatic carbocycles. The molecule has 1 saturated heterocycles. The van der Waals surface area contributed by atoms with Gasteiger partial charge in [0.1, 0.15) is 0 Å². The van der Waals surface area contributed by atoms with Crippen LogP contribution in [-0.2, 0) is 0 Å². The number of hydrogen-bond acceptors (Lipinski definition) is 1. The van der Waals surface area contributed by atoms with E-state index in [1.165, 1.54) is 0 Å². The fourth-order valence-corrected chi connectivity index (χ4v) is 0.867. The lowest BCUT2D eigenvalue weighted by atomic mass is 10.1. The number of alkyl halides is 3. The van der Waals surface area contributed by atoms with E-state index in [0.717, 1.165) is 0 Å². The molecule has 0 aromatic heterocycles. The van der Waals surface area contributed by atoms with Gasteiger partial charge in [-0.15, -0.1) is 0 Å². The molecule has 0 saturated carbocycles. The van der Waals surface area contributed by atoms with Crippen LogP contribution in [0.25, 0.3) is 0 Å². The highest BCUT2D eigenvalue weighted by atomic mass is 19.3. The van der Waals surface area contributed by atoms with Gasteiger partial charge in [0.2, 0.25) is 0 Å². The zero-order valence-electron chi connectivity index (χ0n) is 4.83. The molecule has 1 rings (SSSR count). The first-order valence-electron chi connectivity index (χ1n) is 2.83. The van der Waals surface area contributed by atoms with Gasteiger partial charge in [0, 0.05) is 13.0 Å².